The van der Waals surface area contributed by atoms with Crippen LogP contribution in [0.4, 0.5) is 0 Å². The topological polar surface area (TPSA) is 49.3 Å². The number of nitrogens with one attached hydrogen (secondary N) is 1. The van der Waals surface area contributed by atoms with Crippen LogP contribution in [0, 0.1) is 0 Å². The normalized spacial score (nSPS) is 12.5. The van der Waals surface area contributed by atoms with E-state index in [0.29, 0.717) is 6.42 Å². The van der Waals surface area contributed by atoms with Crippen LogP contribution in [0.25, 0.3) is 10.1 Å². The van der Waals surface area contributed by atoms with Crippen LogP contribution in [-0.2, 0) is 0 Å². The van der Waals surface area contributed by atoms with Gasteiger partial charge in [-0.2, -0.15) is 11.8 Å². The van der Waals surface area contributed by atoms with E-state index < -0.39 is 0 Å². The summed E-state index contributed by atoms with van der Waals surface area (Å²) >= 11 is 3.25. The lowest BCUT2D eigenvalue weighted by Crippen LogP contribution is -2.37. The number of thioether (sulfide) groups is 1. The van der Waals surface area contributed by atoms with Gasteiger partial charge in [-0.3, -0.25) is 4.79 Å². The molecule has 1 atom stereocenters. The summed E-state index contributed by atoms with van der Waals surface area (Å²) in [5.74, 6) is 0.763. The number of aliphatic hydroxyl groups is 1. The first-order valence-corrected chi connectivity index (χ1v) is 8.40. The molecule has 19 heavy (non-hydrogen) atoms. The lowest BCUT2D eigenvalue weighted by Gasteiger charge is -2.16. The van der Waals surface area contributed by atoms with Crippen molar-refractivity contribution in [2.24, 2.45) is 0 Å². The number of thiophene rings is 1. The number of amides is 1. The molecule has 0 radical (unpaired) electrons. The van der Waals surface area contributed by atoms with Gasteiger partial charge in [0.15, 0.2) is 0 Å². The number of aliphatic hydroxyl groups excluding tert-OH is 1. The minimum atomic E-state index is -0.0510. The van der Waals surface area contributed by atoms with Crippen LogP contribution in [0.5, 0.6) is 0 Å². The molecular formula is C14H17NO2S2. The second-order valence-corrected chi connectivity index (χ2v) is 6.11. The highest BCUT2D eigenvalue weighted by atomic mass is 32.2. The Hall–Kier alpha value is -1.04. The minimum absolute atomic E-state index is 0.0196. The predicted molar refractivity (Wildman–Crippen MR) is 83.2 cm³/mol. The van der Waals surface area contributed by atoms with Gasteiger partial charge >= 0.3 is 0 Å². The van der Waals surface area contributed by atoms with Gasteiger partial charge in [-0.15, -0.1) is 11.3 Å². The molecule has 0 aliphatic carbocycles. The molecule has 1 aromatic carbocycles. The van der Waals surface area contributed by atoms with Crippen LogP contribution in [-0.4, -0.2) is 35.7 Å². The van der Waals surface area contributed by atoms with Crippen molar-refractivity contribution in [1.29, 1.82) is 0 Å². The predicted octanol–water partition coefficient (Wildman–Crippen LogP) is 2.75. The summed E-state index contributed by atoms with van der Waals surface area (Å²) in [6, 6.07) is 7.92. The molecule has 2 aromatic rings. The van der Waals surface area contributed by atoms with E-state index in [9.17, 15) is 4.79 Å². The van der Waals surface area contributed by atoms with Crippen molar-refractivity contribution >= 4 is 39.1 Å². The van der Waals surface area contributed by atoms with Gasteiger partial charge in [0.05, 0.1) is 5.56 Å². The molecule has 1 unspecified atom stereocenters. The number of carbonyl (C=O) groups is 1. The van der Waals surface area contributed by atoms with Crippen molar-refractivity contribution < 1.29 is 9.90 Å². The molecule has 2 rings (SSSR count). The quantitative estimate of drug-likeness (QED) is 0.861. The van der Waals surface area contributed by atoms with Gasteiger partial charge in [-0.25, -0.2) is 0 Å². The van der Waals surface area contributed by atoms with Crippen molar-refractivity contribution in [2.45, 2.75) is 12.5 Å². The molecule has 0 saturated carbocycles. The maximum Gasteiger partial charge on any atom is 0.253 e. The zero-order valence-corrected chi connectivity index (χ0v) is 12.4. The Balaban J connectivity index is 2.14. The zero-order valence-electron chi connectivity index (χ0n) is 10.8. The molecule has 102 valence electrons. The highest BCUT2D eigenvalue weighted by Crippen LogP contribution is 2.25. The van der Waals surface area contributed by atoms with E-state index in [-0.39, 0.29) is 18.6 Å². The summed E-state index contributed by atoms with van der Waals surface area (Å²) < 4.78 is 1.12. The average molecular weight is 295 g/mol. The average Bonchev–Trinajstić information content (AvgIpc) is 2.83. The minimum Gasteiger partial charge on any atom is -0.396 e. The Bertz CT molecular complexity index is 547. The molecule has 0 saturated heterocycles. The summed E-state index contributed by atoms with van der Waals surface area (Å²) in [6.07, 6.45) is 2.59. The van der Waals surface area contributed by atoms with E-state index in [1.54, 1.807) is 23.1 Å². The Kier molecular flexibility index (Phi) is 5.24. The smallest absolute Gasteiger partial charge is 0.253 e. The van der Waals surface area contributed by atoms with Gasteiger partial charge in [-0.1, -0.05) is 18.2 Å². The number of carbonyl (C=O) groups excluding carboxylic acids is 1. The van der Waals surface area contributed by atoms with Crippen LogP contribution < -0.4 is 5.32 Å². The zero-order chi connectivity index (χ0) is 13.7. The Morgan fingerprint density at radius 1 is 1.47 bits per heavy atom. The molecule has 0 spiro atoms. The standard InChI is InChI=1S/C14H17NO2S2/c1-18-8-10(6-7-16)15-14(17)12-9-19-13-5-3-2-4-11(12)13/h2-5,9-10,16H,6-8H2,1H3,(H,15,17). The summed E-state index contributed by atoms with van der Waals surface area (Å²) in [5, 5.41) is 14.9. The third kappa shape index (κ3) is 3.49. The highest BCUT2D eigenvalue weighted by molar-refractivity contribution is 7.98. The molecule has 0 aliphatic rings. The first kappa shape index (κ1) is 14.4. The van der Waals surface area contributed by atoms with Gasteiger partial charge < -0.3 is 10.4 Å². The number of hydrogen-bond donors (Lipinski definition) is 2. The fraction of sp³-hybridized carbons (Fsp3) is 0.357. The molecule has 2 N–H and O–H groups in total. The third-order valence-electron chi connectivity index (χ3n) is 2.91. The molecule has 5 heteroatoms. The summed E-state index contributed by atoms with van der Waals surface area (Å²) in [6.45, 7) is 0.0931. The molecule has 1 aromatic heterocycles. The molecule has 0 aliphatic heterocycles. The van der Waals surface area contributed by atoms with Gasteiger partial charge in [-0.05, 0) is 18.7 Å². The lowest BCUT2D eigenvalue weighted by molar-refractivity contribution is 0.0937. The van der Waals surface area contributed by atoms with Crippen LogP contribution in [0.15, 0.2) is 29.6 Å². The molecular weight excluding hydrogens is 278 g/mol. The second-order valence-electron chi connectivity index (χ2n) is 4.28. The van der Waals surface area contributed by atoms with Crippen LogP contribution in [0.2, 0.25) is 0 Å². The van der Waals surface area contributed by atoms with Crippen molar-refractivity contribution in [3.8, 4) is 0 Å². The van der Waals surface area contributed by atoms with E-state index >= 15 is 0 Å². The second kappa shape index (κ2) is 6.93. The first-order chi connectivity index (χ1) is 9.26. The number of rotatable bonds is 6. The molecule has 0 bridgehead atoms. The fourth-order valence-electron chi connectivity index (χ4n) is 1.97. The van der Waals surface area contributed by atoms with E-state index in [2.05, 4.69) is 5.32 Å². The number of hydrogen-bond acceptors (Lipinski definition) is 4. The summed E-state index contributed by atoms with van der Waals surface area (Å²) in [5.41, 5.74) is 0.727. The van der Waals surface area contributed by atoms with E-state index in [1.807, 2.05) is 35.9 Å². The Labute approximate surface area is 121 Å². The Morgan fingerprint density at radius 2 is 2.26 bits per heavy atom. The van der Waals surface area contributed by atoms with E-state index in [4.69, 9.17) is 5.11 Å². The maximum absolute atomic E-state index is 12.3. The van der Waals surface area contributed by atoms with Crippen molar-refractivity contribution in [1.82, 2.24) is 5.32 Å². The number of fused-ring (bicyclic) bond motifs is 1. The summed E-state index contributed by atoms with van der Waals surface area (Å²) in [7, 11) is 0. The van der Waals surface area contributed by atoms with Crippen LogP contribution >= 0.6 is 23.1 Å². The summed E-state index contributed by atoms with van der Waals surface area (Å²) in [4.78, 5) is 12.3. The van der Waals surface area contributed by atoms with E-state index in [1.165, 1.54) is 0 Å². The van der Waals surface area contributed by atoms with Crippen LogP contribution in [0.1, 0.15) is 16.8 Å². The van der Waals surface area contributed by atoms with Gasteiger partial charge in [0.1, 0.15) is 0 Å². The van der Waals surface area contributed by atoms with Crippen molar-refractivity contribution in [3.05, 3.63) is 35.2 Å². The third-order valence-corrected chi connectivity index (χ3v) is 4.61. The molecule has 0 fully saturated rings. The monoisotopic (exact) mass is 295 g/mol. The van der Waals surface area contributed by atoms with Crippen molar-refractivity contribution in [3.63, 3.8) is 0 Å². The SMILES string of the molecule is CSCC(CCO)NC(=O)c1csc2ccccc12. The van der Waals surface area contributed by atoms with Gasteiger partial charge in [0.25, 0.3) is 5.91 Å². The number of benzene rings is 1. The van der Waals surface area contributed by atoms with E-state index in [0.717, 1.165) is 21.4 Å². The van der Waals surface area contributed by atoms with Crippen LogP contribution in [0.3, 0.4) is 0 Å². The highest BCUT2D eigenvalue weighted by Gasteiger charge is 2.16. The van der Waals surface area contributed by atoms with Crippen molar-refractivity contribution in [2.75, 3.05) is 18.6 Å². The molecule has 1 heterocycles. The fourth-order valence-corrected chi connectivity index (χ4v) is 3.56. The largest absolute Gasteiger partial charge is 0.396 e. The van der Waals surface area contributed by atoms with Gasteiger partial charge in [0, 0.05) is 33.9 Å². The Morgan fingerprint density at radius 3 is 3.00 bits per heavy atom. The molecule has 1 amide bonds. The molecule has 3 nitrogen and oxygen atoms in total. The maximum atomic E-state index is 12.3. The van der Waals surface area contributed by atoms with Gasteiger partial charge in [0.2, 0.25) is 0 Å². The first-order valence-electron chi connectivity index (χ1n) is 6.13. The lowest BCUT2D eigenvalue weighted by atomic mass is 10.1.